The van der Waals surface area contributed by atoms with Crippen LogP contribution in [0.1, 0.15) is 11.1 Å². The molecule has 0 radical (unpaired) electrons. The minimum atomic E-state index is -0.649. The number of hydrogen-bond acceptors (Lipinski definition) is 8. The molecule has 0 saturated heterocycles. The number of non-ortho nitro benzene ring substituents is 2. The van der Waals surface area contributed by atoms with Crippen molar-refractivity contribution in [2.75, 3.05) is 11.5 Å². The number of nitro groups is 2. The third kappa shape index (κ3) is 3.21. The van der Waals surface area contributed by atoms with Gasteiger partial charge in [0.25, 0.3) is 11.4 Å². The van der Waals surface area contributed by atoms with E-state index in [1.165, 1.54) is 24.3 Å². The molecular formula is C18H12N4O6. The first-order valence-electron chi connectivity index (χ1n) is 7.79. The van der Waals surface area contributed by atoms with E-state index in [0.29, 0.717) is 0 Å². The number of rotatable bonds is 4. The summed E-state index contributed by atoms with van der Waals surface area (Å²) in [6.45, 7) is 0. The summed E-state index contributed by atoms with van der Waals surface area (Å²) in [7, 11) is 0. The summed E-state index contributed by atoms with van der Waals surface area (Å²) in [4.78, 5) is 45.8. The first-order valence-corrected chi connectivity index (χ1v) is 7.79. The summed E-state index contributed by atoms with van der Waals surface area (Å²) >= 11 is 0. The molecule has 3 rings (SSSR count). The Kier molecular flexibility index (Phi) is 4.45. The number of carbonyl (C=O) groups excluding carboxylic acids is 2. The highest BCUT2D eigenvalue weighted by molar-refractivity contribution is 6.44. The molecule has 0 spiro atoms. The van der Waals surface area contributed by atoms with Crippen LogP contribution in [0.4, 0.5) is 22.7 Å². The first-order chi connectivity index (χ1) is 13.2. The molecule has 0 fully saturated rings. The van der Waals surface area contributed by atoms with E-state index in [2.05, 4.69) is 0 Å². The van der Waals surface area contributed by atoms with Crippen LogP contribution in [0.3, 0.4) is 0 Å². The van der Waals surface area contributed by atoms with Gasteiger partial charge in [-0.15, -0.1) is 0 Å². The Bertz CT molecular complexity index is 1040. The molecule has 28 heavy (non-hydrogen) atoms. The second-order valence-corrected chi connectivity index (χ2v) is 5.90. The highest BCUT2D eigenvalue weighted by Gasteiger charge is 2.26. The van der Waals surface area contributed by atoms with Crippen LogP contribution in [0.2, 0.25) is 0 Å². The number of ketones is 2. The number of nitrogen functional groups attached to an aromatic ring is 2. The van der Waals surface area contributed by atoms with Crippen LogP contribution in [0, 0.1) is 20.2 Å². The number of nitrogens with two attached hydrogens (primary N) is 2. The van der Waals surface area contributed by atoms with Gasteiger partial charge in [0.1, 0.15) is 0 Å². The fraction of sp³-hybridized carbons (Fsp3) is 0. The van der Waals surface area contributed by atoms with Gasteiger partial charge < -0.3 is 11.5 Å². The van der Waals surface area contributed by atoms with E-state index in [1.54, 1.807) is 0 Å². The Labute approximate surface area is 157 Å². The smallest absolute Gasteiger partial charge is 0.270 e. The van der Waals surface area contributed by atoms with Gasteiger partial charge in [0.2, 0.25) is 0 Å². The number of benzene rings is 2. The molecule has 0 saturated carbocycles. The van der Waals surface area contributed by atoms with E-state index in [1.807, 2.05) is 0 Å². The summed E-state index contributed by atoms with van der Waals surface area (Å²) in [5, 5.41) is 21.9. The molecule has 0 bridgehead atoms. The predicted octanol–water partition coefficient (Wildman–Crippen LogP) is 2.29. The fourth-order valence-corrected chi connectivity index (χ4v) is 2.76. The van der Waals surface area contributed by atoms with Gasteiger partial charge >= 0.3 is 0 Å². The number of nitro benzene ring substituents is 2. The third-order valence-electron chi connectivity index (χ3n) is 4.16. The van der Waals surface area contributed by atoms with Crippen molar-refractivity contribution in [2.24, 2.45) is 0 Å². The van der Waals surface area contributed by atoms with E-state index in [-0.39, 0.29) is 45.0 Å². The van der Waals surface area contributed by atoms with Gasteiger partial charge in [-0.2, -0.15) is 0 Å². The second kappa shape index (κ2) is 6.76. The van der Waals surface area contributed by atoms with Gasteiger partial charge in [0.15, 0.2) is 11.6 Å². The molecule has 0 atom stereocenters. The molecule has 10 heteroatoms. The molecule has 2 aromatic carbocycles. The van der Waals surface area contributed by atoms with Crippen molar-refractivity contribution in [1.82, 2.24) is 0 Å². The first kappa shape index (κ1) is 18.5. The molecule has 0 heterocycles. The van der Waals surface area contributed by atoms with Gasteiger partial charge in [-0.3, -0.25) is 29.8 Å². The quantitative estimate of drug-likeness (QED) is 0.352. The molecule has 140 valence electrons. The normalized spacial score (nSPS) is 13.7. The van der Waals surface area contributed by atoms with Crippen molar-refractivity contribution in [3.8, 4) is 0 Å². The lowest BCUT2D eigenvalue weighted by atomic mass is 9.87. The molecule has 0 unspecified atom stereocenters. The number of hydrogen-bond donors (Lipinski definition) is 2. The van der Waals surface area contributed by atoms with Crippen LogP contribution in [-0.2, 0) is 9.59 Å². The monoisotopic (exact) mass is 380 g/mol. The van der Waals surface area contributed by atoms with Crippen LogP contribution in [-0.4, -0.2) is 21.4 Å². The maximum atomic E-state index is 12.6. The number of carbonyl (C=O) groups is 2. The summed E-state index contributed by atoms with van der Waals surface area (Å²) in [5.41, 5.74) is 11.1. The maximum absolute atomic E-state index is 12.6. The van der Waals surface area contributed by atoms with Gasteiger partial charge in [-0.1, -0.05) is 0 Å². The fourth-order valence-electron chi connectivity index (χ4n) is 2.76. The summed E-state index contributed by atoms with van der Waals surface area (Å²) in [5.74, 6) is -1.26. The lowest BCUT2D eigenvalue weighted by Gasteiger charge is -2.15. The largest absolute Gasteiger partial charge is 0.398 e. The Morgan fingerprint density at radius 1 is 0.679 bits per heavy atom. The lowest BCUT2D eigenvalue weighted by Crippen LogP contribution is -2.14. The van der Waals surface area contributed by atoms with Gasteiger partial charge in [-0.25, -0.2) is 0 Å². The molecule has 1 aliphatic rings. The van der Waals surface area contributed by atoms with Crippen molar-refractivity contribution in [3.05, 3.63) is 79.9 Å². The predicted molar refractivity (Wildman–Crippen MR) is 101 cm³/mol. The zero-order valence-electron chi connectivity index (χ0n) is 14.1. The highest BCUT2D eigenvalue weighted by atomic mass is 16.6. The van der Waals surface area contributed by atoms with Crippen LogP contribution in [0.25, 0.3) is 11.1 Å². The molecule has 0 amide bonds. The van der Waals surface area contributed by atoms with E-state index >= 15 is 0 Å². The van der Waals surface area contributed by atoms with Gasteiger partial charge in [-0.05, 0) is 24.3 Å². The zero-order valence-corrected chi connectivity index (χ0v) is 14.1. The molecule has 2 aromatic rings. The number of nitrogens with zero attached hydrogens (tertiary/aromatic N) is 2. The van der Waals surface area contributed by atoms with Crippen molar-refractivity contribution in [3.63, 3.8) is 0 Å². The third-order valence-corrected chi connectivity index (χ3v) is 4.16. The van der Waals surface area contributed by atoms with E-state index in [0.717, 1.165) is 24.3 Å². The van der Waals surface area contributed by atoms with Crippen molar-refractivity contribution >= 4 is 45.5 Å². The molecule has 4 N–H and O–H groups in total. The van der Waals surface area contributed by atoms with E-state index in [4.69, 9.17) is 11.5 Å². The molecule has 0 aromatic heterocycles. The minimum Gasteiger partial charge on any atom is -0.398 e. The molecule has 10 nitrogen and oxygen atoms in total. The Hall–Kier alpha value is -4.34. The van der Waals surface area contributed by atoms with Crippen molar-refractivity contribution in [1.29, 1.82) is 0 Å². The van der Waals surface area contributed by atoms with Gasteiger partial charge in [0.05, 0.1) is 9.85 Å². The molecule has 1 aliphatic carbocycles. The standard InChI is InChI=1S/C18H12N4O6/c19-15-3-1-9(21(25)26)5-11(15)13-7-18(24)14(8-17(13)23)12-6-10(22(27)28)2-4-16(12)20/h1-8H,19-20H2. The van der Waals surface area contributed by atoms with Crippen molar-refractivity contribution in [2.45, 2.75) is 0 Å². The number of anilines is 2. The summed E-state index contributed by atoms with van der Waals surface area (Å²) in [6.07, 6.45) is 1.98. The van der Waals surface area contributed by atoms with Crippen molar-refractivity contribution < 1.29 is 19.4 Å². The Morgan fingerprint density at radius 3 is 1.36 bits per heavy atom. The van der Waals surface area contributed by atoms with E-state index in [9.17, 15) is 29.8 Å². The Morgan fingerprint density at radius 2 is 1.04 bits per heavy atom. The van der Waals surface area contributed by atoms with E-state index < -0.39 is 21.4 Å². The maximum Gasteiger partial charge on any atom is 0.270 e. The van der Waals surface area contributed by atoms with Crippen LogP contribution in [0.15, 0.2) is 48.6 Å². The van der Waals surface area contributed by atoms with Gasteiger partial charge in [0, 0.05) is 57.9 Å². The highest BCUT2D eigenvalue weighted by Crippen LogP contribution is 2.34. The van der Waals surface area contributed by atoms with Crippen LogP contribution in [0.5, 0.6) is 0 Å². The average Bonchev–Trinajstić information content (AvgIpc) is 2.64. The molecular weight excluding hydrogens is 368 g/mol. The summed E-state index contributed by atoms with van der Waals surface area (Å²) in [6, 6.07) is 7.10. The minimum absolute atomic E-state index is 0.0508. The van der Waals surface area contributed by atoms with Crippen LogP contribution < -0.4 is 11.5 Å². The topological polar surface area (TPSA) is 172 Å². The molecule has 0 aliphatic heterocycles. The SMILES string of the molecule is Nc1ccc([N+](=O)[O-])cc1C1=CC(=O)C(c2cc([N+](=O)[O-])ccc2N)=CC1=O. The number of allylic oxidation sites excluding steroid dienone is 4. The van der Waals surface area contributed by atoms with Crippen LogP contribution >= 0.6 is 0 Å². The second-order valence-electron chi connectivity index (χ2n) is 5.90. The lowest BCUT2D eigenvalue weighted by molar-refractivity contribution is -0.385. The average molecular weight is 380 g/mol. The summed E-state index contributed by atoms with van der Waals surface area (Å²) < 4.78 is 0. The zero-order chi connectivity index (χ0) is 20.6. The Balaban J connectivity index is 2.07.